The van der Waals surface area contributed by atoms with Crippen molar-refractivity contribution in [3.63, 3.8) is 0 Å². The fourth-order valence-corrected chi connectivity index (χ4v) is 3.76. The van der Waals surface area contributed by atoms with Crippen molar-refractivity contribution in [1.82, 2.24) is 9.78 Å². The summed E-state index contributed by atoms with van der Waals surface area (Å²) in [7, 11) is 0. The van der Waals surface area contributed by atoms with Crippen molar-refractivity contribution in [2.24, 2.45) is 0 Å². The van der Waals surface area contributed by atoms with Gasteiger partial charge in [0, 0.05) is 21.8 Å². The van der Waals surface area contributed by atoms with Crippen molar-refractivity contribution in [2.75, 3.05) is 6.61 Å². The standard InChI is InChI=1S/C19H17FN2O2S/c1-4-12-16(5-2)25-11-13-17(19(23)24-6-3)21-22(18(12)13)15-10-8-7-9-14(15)20/h4-5,7-10H,1-2,6,11H2,3H3. The number of esters is 1. The third-order valence-corrected chi connectivity index (χ3v) is 4.95. The minimum atomic E-state index is -0.514. The minimum Gasteiger partial charge on any atom is -0.461 e. The fraction of sp³-hybridized carbons (Fsp3) is 0.158. The second-order valence-corrected chi connectivity index (χ2v) is 6.25. The van der Waals surface area contributed by atoms with Crippen LogP contribution in [0.2, 0.25) is 0 Å². The molecule has 2 heterocycles. The zero-order valence-corrected chi connectivity index (χ0v) is 14.6. The van der Waals surface area contributed by atoms with E-state index in [4.69, 9.17) is 4.74 Å². The molecule has 1 aromatic heterocycles. The maximum Gasteiger partial charge on any atom is 0.359 e. The highest BCUT2D eigenvalue weighted by molar-refractivity contribution is 8.02. The van der Waals surface area contributed by atoms with Gasteiger partial charge in [0.15, 0.2) is 5.69 Å². The van der Waals surface area contributed by atoms with Crippen LogP contribution in [0.5, 0.6) is 0 Å². The average molecular weight is 356 g/mol. The van der Waals surface area contributed by atoms with Crippen molar-refractivity contribution in [3.05, 3.63) is 77.2 Å². The summed E-state index contributed by atoms with van der Waals surface area (Å²) in [5.41, 5.74) is 2.61. The molecule has 4 nitrogen and oxygen atoms in total. The van der Waals surface area contributed by atoms with Crippen LogP contribution in [-0.2, 0) is 10.5 Å². The number of fused-ring (bicyclic) bond motifs is 1. The molecule has 1 aliphatic rings. The van der Waals surface area contributed by atoms with Gasteiger partial charge in [-0.25, -0.2) is 13.9 Å². The van der Waals surface area contributed by atoms with Gasteiger partial charge < -0.3 is 4.74 Å². The van der Waals surface area contributed by atoms with Crippen molar-refractivity contribution in [2.45, 2.75) is 12.7 Å². The first-order valence-corrected chi connectivity index (χ1v) is 8.77. The number of halogens is 1. The molecule has 0 saturated heterocycles. The van der Waals surface area contributed by atoms with Gasteiger partial charge in [0.25, 0.3) is 0 Å². The Kier molecular flexibility index (Phi) is 4.90. The van der Waals surface area contributed by atoms with Gasteiger partial charge in [-0.2, -0.15) is 5.10 Å². The number of carbonyl (C=O) groups is 1. The normalized spacial score (nSPS) is 13.4. The number of ether oxygens (including phenoxy) is 1. The number of carbonyl (C=O) groups excluding carboxylic acids is 1. The second-order valence-electron chi connectivity index (χ2n) is 5.23. The molecule has 1 aliphatic heterocycles. The van der Waals surface area contributed by atoms with Gasteiger partial charge in [-0.1, -0.05) is 37.4 Å². The largest absolute Gasteiger partial charge is 0.461 e. The SMILES string of the molecule is C=CC1=C(C=C)c2c(c(C(=O)OCC)nn2-c2ccccc2F)CS1. The first-order valence-electron chi connectivity index (χ1n) is 7.78. The van der Waals surface area contributed by atoms with Crippen molar-refractivity contribution in [1.29, 1.82) is 0 Å². The maximum absolute atomic E-state index is 14.4. The quantitative estimate of drug-likeness (QED) is 0.739. The molecule has 0 N–H and O–H groups in total. The van der Waals surface area contributed by atoms with Gasteiger partial charge in [-0.15, -0.1) is 11.8 Å². The zero-order valence-electron chi connectivity index (χ0n) is 13.8. The van der Waals surface area contributed by atoms with Gasteiger partial charge in [-0.3, -0.25) is 0 Å². The molecular formula is C19H17FN2O2S. The van der Waals surface area contributed by atoms with E-state index in [9.17, 15) is 9.18 Å². The van der Waals surface area contributed by atoms with Crippen LogP contribution in [0.15, 0.2) is 54.5 Å². The topological polar surface area (TPSA) is 44.1 Å². The Balaban J connectivity index is 2.32. The Morgan fingerprint density at radius 1 is 1.40 bits per heavy atom. The number of aromatic nitrogens is 2. The molecule has 0 bridgehead atoms. The smallest absolute Gasteiger partial charge is 0.359 e. The maximum atomic E-state index is 14.4. The molecule has 1 aromatic carbocycles. The van der Waals surface area contributed by atoms with E-state index >= 15 is 0 Å². The van der Waals surface area contributed by atoms with Gasteiger partial charge in [0.1, 0.15) is 11.5 Å². The van der Waals surface area contributed by atoms with E-state index in [0.29, 0.717) is 17.0 Å². The summed E-state index contributed by atoms with van der Waals surface area (Å²) < 4.78 is 20.9. The van der Waals surface area contributed by atoms with Crippen LogP contribution in [0.25, 0.3) is 11.3 Å². The summed E-state index contributed by atoms with van der Waals surface area (Å²) >= 11 is 1.54. The van der Waals surface area contributed by atoms with E-state index in [1.54, 1.807) is 37.3 Å². The monoisotopic (exact) mass is 356 g/mol. The van der Waals surface area contributed by atoms with Crippen molar-refractivity contribution >= 4 is 23.3 Å². The molecule has 0 aliphatic carbocycles. The van der Waals surface area contributed by atoms with E-state index in [0.717, 1.165) is 10.5 Å². The Morgan fingerprint density at radius 3 is 2.80 bits per heavy atom. The summed E-state index contributed by atoms with van der Waals surface area (Å²) in [6.07, 6.45) is 3.41. The Bertz CT molecular complexity index is 899. The molecule has 0 spiro atoms. The lowest BCUT2D eigenvalue weighted by atomic mass is 10.1. The van der Waals surface area contributed by atoms with Crippen LogP contribution in [0.1, 0.15) is 28.7 Å². The van der Waals surface area contributed by atoms with E-state index in [2.05, 4.69) is 18.3 Å². The Morgan fingerprint density at radius 2 is 2.16 bits per heavy atom. The minimum absolute atomic E-state index is 0.204. The molecule has 0 fully saturated rings. The first kappa shape index (κ1) is 17.2. The zero-order chi connectivity index (χ0) is 18.0. The summed E-state index contributed by atoms with van der Waals surface area (Å²) in [6, 6.07) is 6.31. The van der Waals surface area contributed by atoms with Crippen LogP contribution < -0.4 is 0 Å². The van der Waals surface area contributed by atoms with E-state index in [1.165, 1.54) is 22.5 Å². The number of nitrogens with zero attached hydrogens (tertiary/aromatic N) is 2. The third kappa shape index (κ3) is 2.93. The molecule has 2 aromatic rings. The number of allylic oxidation sites excluding steroid dienone is 3. The highest BCUT2D eigenvalue weighted by Gasteiger charge is 2.30. The molecule has 0 saturated carbocycles. The molecule has 25 heavy (non-hydrogen) atoms. The van der Waals surface area contributed by atoms with Gasteiger partial charge in [0.05, 0.1) is 12.3 Å². The first-order chi connectivity index (χ1) is 12.1. The summed E-state index contributed by atoms with van der Waals surface area (Å²) in [5, 5.41) is 4.38. The lowest BCUT2D eigenvalue weighted by Gasteiger charge is -2.18. The molecule has 128 valence electrons. The van der Waals surface area contributed by atoms with Crippen LogP contribution >= 0.6 is 11.8 Å². The molecule has 0 amide bonds. The van der Waals surface area contributed by atoms with Crippen molar-refractivity contribution < 1.29 is 13.9 Å². The second kappa shape index (κ2) is 7.11. The molecule has 0 unspecified atom stereocenters. The summed E-state index contributed by atoms with van der Waals surface area (Å²) in [5.74, 6) is -0.415. The van der Waals surface area contributed by atoms with Gasteiger partial charge in [-0.05, 0) is 19.1 Å². The van der Waals surface area contributed by atoms with Crippen LogP contribution in [0, 0.1) is 5.82 Å². The molecular weight excluding hydrogens is 339 g/mol. The lowest BCUT2D eigenvalue weighted by Crippen LogP contribution is -2.09. The lowest BCUT2D eigenvalue weighted by molar-refractivity contribution is 0.0518. The van der Waals surface area contributed by atoms with Gasteiger partial charge >= 0.3 is 5.97 Å². The Hall–Kier alpha value is -2.60. The highest BCUT2D eigenvalue weighted by atomic mass is 32.2. The van der Waals surface area contributed by atoms with E-state index < -0.39 is 11.8 Å². The molecule has 0 atom stereocenters. The average Bonchev–Trinajstić information content (AvgIpc) is 3.01. The number of hydrogen-bond donors (Lipinski definition) is 0. The number of rotatable bonds is 5. The number of para-hydroxylation sites is 1. The predicted molar refractivity (Wildman–Crippen MR) is 98.1 cm³/mol. The van der Waals surface area contributed by atoms with Gasteiger partial charge in [0.2, 0.25) is 0 Å². The third-order valence-electron chi connectivity index (χ3n) is 3.82. The Labute approximate surface area is 149 Å². The summed E-state index contributed by atoms with van der Waals surface area (Å²) in [4.78, 5) is 13.2. The highest BCUT2D eigenvalue weighted by Crippen LogP contribution is 2.41. The number of benzene rings is 1. The number of hydrogen-bond acceptors (Lipinski definition) is 4. The predicted octanol–water partition coefficient (Wildman–Crippen LogP) is 4.52. The molecule has 0 radical (unpaired) electrons. The number of thioether (sulfide) groups is 1. The van der Waals surface area contributed by atoms with Crippen LogP contribution in [-0.4, -0.2) is 22.4 Å². The van der Waals surface area contributed by atoms with Crippen LogP contribution in [0.4, 0.5) is 4.39 Å². The fourth-order valence-electron chi connectivity index (χ4n) is 2.74. The molecule has 6 heteroatoms. The van der Waals surface area contributed by atoms with E-state index in [1.807, 2.05) is 0 Å². The van der Waals surface area contributed by atoms with E-state index in [-0.39, 0.29) is 18.0 Å². The molecule has 3 rings (SSSR count). The van der Waals surface area contributed by atoms with Crippen molar-refractivity contribution in [3.8, 4) is 5.69 Å². The van der Waals surface area contributed by atoms with Crippen LogP contribution in [0.3, 0.4) is 0 Å². The summed E-state index contributed by atoms with van der Waals surface area (Å²) in [6.45, 7) is 9.66.